The van der Waals surface area contributed by atoms with Gasteiger partial charge in [-0.3, -0.25) is 0 Å². The van der Waals surface area contributed by atoms with Crippen LogP contribution < -0.4 is 0 Å². The Morgan fingerprint density at radius 3 is 2.87 bits per heavy atom. The van der Waals surface area contributed by atoms with Gasteiger partial charge in [0.25, 0.3) is 0 Å². The molecule has 23 heavy (non-hydrogen) atoms. The number of rotatable bonds is 3. The van der Waals surface area contributed by atoms with Gasteiger partial charge in [-0.05, 0) is 37.3 Å². The summed E-state index contributed by atoms with van der Waals surface area (Å²) in [5.74, 6) is 0.784. The second-order valence-corrected chi connectivity index (χ2v) is 6.88. The average molecular weight is 343 g/mol. The summed E-state index contributed by atoms with van der Waals surface area (Å²) in [4.78, 5) is 9.34. The van der Waals surface area contributed by atoms with Gasteiger partial charge in [-0.1, -0.05) is 29.4 Å². The molecule has 0 unspecified atom stereocenters. The van der Waals surface area contributed by atoms with E-state index in [-0.39, 0.29) is 0 Å². The number of halogens is 1. The number of imidazole rings is 2. The van der Waals surface area contributed by atoms with Crippen LogP contribution in [-0.4, -0.2) is 18.9 Å². The smallest absolute Gasteiger partial charge is 0.169 e. The quantitative estimate of drug-likeness (QED) is 0.515. The first-order valence-corrected chi connectivity index (χ1v) is 8.66. The zero-order chi connectivity index (χ0) is 16.0. The third-order valence-electron chi connectivity index (χ3n) is 3.90. The van der Waals surface area contributed by atoms with E-state index in [2.05, 4.69) is 38.1 Å². The van der Waals surface area contributed by atoms with Crippen molar-refractivity contribution in [1.29, 1.82) is 0 Å². The molecule has 3 heterocycles. The summed E-state index contributed by atoms with van der Waals surface area (Å²) in [6.07, 6.45) is 2.09. The number of thioether (sulfide) groups is 1. The zero-order valence-corrected chi connectivity index (χ0v) is 14.4. The molecule has 4 rings (SSSR count). The van der Waals surface area contributed by atoms with Gasteiger partial charge in [0.1, 0.15) is 5.65 Å². The van der Waals surface area contributed by atoms with Crippen molar-refractivity contribution in [1.82, 2.24) is 18.9 Å². The molecule has 0 N–H and O–H groups in total. The molecule has 1 aromatic carbocycles. The average Bonchev–Trinajstić information content (AvgIpc) is 3.07. The van der Waals surface area contributed by atoms with Crippen molar-refractivity contribution in [3.8, 4) is 0 Å². The predicted molar refractivity (Wildman–Crippen MR) is 95.2 cm³/mol. The van der Waals surface area contributed by atoms with Crippen LogP contribution in [0.3, 0.4) is 0 Å². The van der Waals surface area contributed by atoms with E-state index in [0.717, 1.165) is 33.3 Å². The molecule has 0 radical (unpaired) electrons. The van der Waals surface area contributed by atoms with Crippen LogP contribution in [0.5, 0.6) is 0 Å². The zero-order valence-electron chi connectivity index (χ0n) is 12.8. The maximum absolute atomic E-state index is 6.04. The molecule has 0 saturated carbocycles. The lowest BCUT2D eigenvalue weighted by Crippen LogP contribution is -1.91. The van der Waals surface area contributed by atoms with E-state index in [0.29, 0.717) is 5.02 Å². The number of aromatic nitrogens is 4. The van der Waals surface area contributed by atoms with Crippen LogP contribution in [0, 0.1) is 6.92 Å². The molecular weight excluding hydrogens is 328 g/mol. The Morgan fingerprint density at radius 2 is 2.04 bits per heavy atom. The number of hydrogen-bond acceptors (Lipinski definition) is 3. The van der Waals surface area contributed by atoms with Crippen LogP contribution in [0.2, 0.25) is 5.02 Å². The lowest BCUT2D eigenvalue weighted by Gasteiger charge is -2.00. The molecule has 0 atom stereocenters. The first kappa shape index (κ1) is 14.6. The van der Waals surface area contributed by atoms with Crippen LogP contribution in [0.15, 0.2) is 47.8 Å². The highest BCUT2D eigenvalue weighted by Crippen LogP contribution is 2.27. The van der Waals surface area contributed by atoms with Crippen molar-refractivity contribution in [2.75, 3.05) is 0 Å². The van der Waals surface area contributed by atoms with Crippen molar-refractivity contribution in [2.45, 2.75) is 17.8 Å². The van der Waals surface area contributed by atoms with Crippen LogP contribution in [0.25, 0.3) is 16.7 Å². The summed E-state index contributed by atoms with van der Waals surface area (Å²) in [7, 11) is 2.03. The highest BCUT2D eigenvalue weighted by Gasteiger charge is 2.10. The topological polar surface area (TPSA) is 35.1 Å². The van der Waals surface area contributed by atoms with Gasteiger partial charge < -0.3 is 8.97 Å². The molecule has 0 spiro atoms. The summed E-state index contributed by atoms with van der Waals surface area (Å²) in [5.41, 5.74) is 5.23. The lowest BCUT2D eigenvalue weighted by molar-refractivity contribution is 0.814. The predicted octanol–water partition coefficient (Wildman–Crippen LogP) is 4.48. The molecule has 0 saturated heterocycles. The Morgan fingerprint density at radius 1 is 1.17 bits per heavy atom. The summed E-state index contributed by atoms with van der Waals surface area (Å²) in [6, 6.07) is 11.9. The van der Waals surface area contributed by atoms with Gasteiger partial charge in [0.2, 0.25) is 0 Å². The first-order chi connectivity index (χ1) is 11.1. The van der Waals surface area contributed by atoms with Gasteiger partial charge in [-0.15, -0.1) is 0 Å². The molecule has 0 aliphatic rings. The molecule has 0 aliphatic carbocycles. The van der Waals surface area contributed by atoms with Crippen molar-refractivity contribution in [2.24, 2.45) is 7.05 Å². The minimum atomic E-state index is 0.711. The molecule has 4 nitrogen and oxygen atoms in total. The Bertz CT molecular complexity index is 1020. The molecular formula is C17H15ClN4S. The van der Waals surface area contributed by atoms with Crippen molar-refractivity contribution in [3.05, 3.63) is 59.0 Å². The fourth-order valence-corrected chi connectivity index (χ4v) is 3.72. The minimum absolute atomic E-state index is 0.711. The molecule has 4 aromatic rings. The fraction of sp³-hybridized carbons (Fsp3) is 0.176. The van der Waals surface area contributed by atoms with E-state index in [9.17, 15) is 0 Å². The van der Waals surface area contributed by atoms with Crippen LogP contribution in [0.4, 0.5) is 0 Å². The third kappa shape index (κ3) is 2.60. The second kappa shape index (κ2) is 5.58. The fourth-order valence-electron chi connectivity index (χ4n) is 2.69. The van der Waals surface area contributed by atoms with E-state index >= 15 is 0 Å². The van der Waals surface area contributed by atoms with Gasteiger partial charge in [-0.2, -0.15) is 0 Å². The third-order valence-corrected chi connectivity index (χ3v) is 5.20. The van der Waals surface area contributed by atoms with Gasteiger partial charge in [-0.25, -0.2) is 9.97 Å². The monoisotopic (exact) mass is 342 g/mol. The highest BCUT2D eigenvalue weighted by atomic mass is 35.5. The maximum atomic E-state index is 6.04. The van der Waals surface area contributed by atoms with E-state index in [1.165, 1.54) is 5.69 Å². The number of pyridine rings is 1. The summed E-state index contributed by atoms with van der Waals surface area (Å²) >= 11 is 7.73. The summed E-state index contributed by atoms with van der Waals surface area (Å²) < 4.78 is 4.21. The Hall–Kier alpha value is -1.98. The van der Waals surface area contributed by atoms with E-state index < -0.39 is 0 Å². The second-order valence-electron chi connectivity index (χ2n) is 5.50. The number of hydrogen-bond donors (Lipinski definition) is 0. The maximum Gasteiger partial charge on any atom is 0.169 e. The standard InChI is InChI=1S/C17H15ClN4S/c1-11-4-3-5-16-19-13(9-22(11)16)10-23-17-20-14-8-12(18)6-7-15(14)21(17)2/h3-9H,10H2,1-2H3. The Kier molecular flexibility index (Phi) is 3.54. The van der Waals surface area contributed by atoms with Crippen molar-refractivity contribution in [3.63, 3.8) is 0 Å². The van der Waals surface area contributed by atoms with Crippen LogP contribution in [-0.2, 0) is 12.8 Å². The summed E-state index contributed by atoms with van der Waals surface area (Å²) in [5, 5.41) is 1.68. The Balaban J connectivity index is 1.63. The number of fused-ring (bicyclic) bond motifs is 2. The molecule has 0 bridgehead atoms. The number of aryl methyl sites for hydroxylation is 2. The highest BCUT2D eigenvalue weighted by molar-refractivity contribution is 7.98. The van der Waals surface area contributed by atoms with Gasteiger partial charge in [0.15, 0.2) is 5.16 Å². The Labute approximate surface area is 143 Å². The van der Waals surface area contributed by atoms with Crippen LogP contribution in [0.1, 0.15) is 11.4 Å². The lowest BCUT2D eigenvalue weighted by atomic mass is 10.3. The SMILES string of the molecule is Cc1cccc2nc(CSc3nc4cc(Cl)ccc4n3C)cn12. The molecule has 0 aliphatic heterocycles. The van der Waals surface area contributed by atoms with Gasteiger partial charge in [0, 0.05) is 29.7 Å². The van der Waals surface area contributed by atoms with E-state index in [1.807, 2.05) is 37.4 Å². The molecule has 0 fully saturated rings. The van der Waals surface area contributed by atoms with Crippen LogP contribution >= 0.6 is 23.4 Å². The van der Waals surface area contributed by atoms with Crippen molar-refractivity contribution >= 4 is 40.0 Å². The minimum Gasteiger partial charge on any atom is -0.322 e. The molecule has 6 heteroatoms. The number of nitrogens with zero attached hydrogens (tertiary/aromatic N) is 4. The first-order valence-electron chi connectivity index (χ1n) is 7.30. The van der Waals surface area contributed by atoms with Gasteiger partial charge >= 0.3 is 0 Å². The molecule has 0 amide bonds. The largest absolute Gasteiger partial charge is 0.322 e. The van der Waals surface area contributed by atoms with E-state index in [4.69, 9.17) is 11.6 Å². The van der Waals surface area contributed by atoms with Crippen molar-refractivity contribution < 1.29 is 0 Å². The van der Waals surface area contributed by atoms with E-state index in [1.54, 1.807) is 11.8 Å². The molecule has 3 aromatic heterocycles. The molecule has 116 valence electrons. The van der Waals surface area contributed by atoms with Gasteiger partial charge in [0.05, 0.1) is 16.7 Å². The number of benzene rings is 1. The normalized spacial score (nSPS) is 11.6. The summed E-state index contributed by atoms with van der Waals surface area (Å²) in [6.45, 7) is 2.08.